The van der Waals surface area contributed by atoms with Crippen LogP contribution in [-0.2, 0) is 24.2 Å². The smallest absolute Gasteiger partial charge is 0.237 e. The number of nitrogens with zero attached hydrogens (tertiary/aromatic N) is 1. The molecule has 6 heteroatoms. The third-order valence-electron chi connectivity index (χ3n) is 5.89. The molecule has 0 fully saturated rings. The second-order valence-corrected chi connectivity index (χ2v) is 7.58. The molecule has 28 heavy (non-hydrogen) atoms. The second kappa shape index (κ2) is 9.64. The molecular formula is C22H29Cl2N3O. The zero-order valence-corrected chi connectivity index (χ0v) is 17.8. The number of carbonyl (C=O) groups excluding carboxylic acids is 1. The van der Waals surface area contributed by atoms with E-state index in [4.69, 9.17) is 5.73 Å². The Balaban J connectivity index is 0.00000140. The summed E-state index contributed by atoms with van der Waals surface area (Å²) in [6.07, 6.45) is 4.15. The van der Waals surface area contributed by atoms with Gasteiger partial charge in [0.15, 0.2) is 0 Å². The van der Waals surface area contributed by atoms with Gasteiger partial charge in [0, 0.05) is 18.8 Å². The Labute approximate surface area is 179 Å². The summed E-state index contributed by atoms with van der Waals surface area (Å²) in [5.74, 6) is 0.124. The quantitative estimate of drug-likeness (QED) is 0.734. The van der Waals surface area contributed by atoms with E-state index in [1.165, 1.54) is 22.3 Å². The van der Waals surface area contributed by atoms with Gasteiger partial charge in [0.1, 0.15) is 0 Å². The Kier molecular flexibility index (Phi) is 7.76. The van der Waals surface area contributed by atoms with E-state index in [1.807, 2.05) is 13.0 Å². The number of nitrogens with one attached hydrogen (secondary N) is 1. The van der Waals surface area contributed by atoms with Crippen molar-refractivity contribution in [3.8, 4) is 0 Å². The van der Waals surface area contributed by atoms with Crippen molar-refractivity contribution < 1.29 is 4.79 Å². The minimum absolute atomic E-state index is 0. The summed E-state index contributed by atoms with van der Waals surface area (Å²) in [6, 6.07) is 14.6. The Morgan fingerprint density at radius 3 is 2.64 bits per heavy atom. The number of nitrogens with two attached hydrogens (primary N) is 1. The molecule has 1 aliphatic carbocycles. The predicted molar refractivity (Wildman–Crippen MR) is 119 cm³/mol. The van der Waals surface area contributed by atoms with Gasteiger partial charge in [-0.05, 0) is 67.0 Å². The van der Waals surface area contributed by atoms with Crippen LogP contribution in [-0.4, -0.2) is 23.4 Å². The highest BCUT2D eigenvalue weighted by Crippen LogP contribution is 2.31. The summed E-state index contributed by atoms with van der Waals surface area (Å²) in [5.41, 5.74) is 12.0. The maximum Gasteiger partial charge on any atom is 0.237 e. The molecule has 2 aliphatic rings. The Morgan fingerprint density at radius 1 is 1.11 bits per heavy atom. The van der Waals surface area contributed by atoms with E-state index in [-0.39, 0.29) is 42.8 Å². The van der Waals surface area contributed by atoms with Gasteiger partial charge >= 0.3 is 0 Å². The molecule has 0 spiro atoms. The summed E-state index contributed by atoms with van der Waals surface area (Å²) in [5, 5.41) is 3.29. The highest BCUT2D eigenvalue weighted by atomic mass is 35.5. The van der Waals surface area contributed by atoms with Crippen LogP contribution in [0, 0.1) is 0 Å². The van der Waals surface area contributed by atoms with E-state index < -0.39 is 0 Å². The molecule has 1 amide bonds. The number of fused-ring (bicyclic) bond motifs is 2. The van der Waals surface area contributed by atoms with Crippen LogP contribution in [0.1, 0.15) is 48.1 Å². The summed E-state index contributed by atoms with van der Waals surface area (Å²) in [6.45, 7) is 3.81. The van der Waals surface area contributed by atoms with Gasteiger partial charge in [-0.25, -0.2) is 0 Å². The van der Waals surface area contributed by atoms with Crippen molar-refractivity contribution >= 4 is 36.4 Å². The normalized spacial score (nSPS) is 19.2. The van der Waals surface area contributed by atoms with Crippen LogP contribution in [0.3, 0.4) is 0 Å². The van der Waals surface area contributed by atoms with Crippen molar-refractivity contribution in [1.29, 1.82) is 0 Å². The van der Waals surface area contributed by atoms with E-state index in [2.05, 4.69) is 46.6 Å². The Morgan fingerprint density at radius 2 is 1.86 bits per heavy atom. The fraction of sp³-hybridized carbons (Fsp3) is 0.409. The lowest BCUT2D eigenvalue weighted by Crippen LogP contribution is -2.48. The van der Waals surface area contributed by atoms with E-state index in [1.54, 1.807) is 0 Å². The van der Waals surface area contributed by atoms with E-state index in [9.17, 15) is 4.79 Å². The molecule has 0 saturated heterocycles. The van der Waals surface area contributed by atoms with Gasteiger partial charge in [-0.2, -0.15) is 0 Å². The Bertz CT molecular complexity index is 827. The first-order chi connectivity index (χ1) is 12.6. The third-order valence-corrected chi connectivity index (χ3v) is 5.89. The monoisotopic (exact) mass is 421 g/mol. The highest BCUT2D eigenvalue weighted by Gasteiger charge is 2.28. The number of aryl methyl sites for hydroxylation is 1. The number of rotatable bonds is 3. The molecule has 0 aromatic heterocycles. The second-order valence-electron chi connectivity index (χ2n) is 7.58. The van der Waals surface area contributed by atoms with Crippen molar-refractivity contribution in [2.24, 2.45) is 0 Å². The molecular weight excluding hydrogens is 393 g/mol. The summed E-state index contributed by atoms with van der Waals surface area (Å²) >= 11 is 0. The maximum absolute atomic E-state index is 12.9. The molecule has 3 N–H and O–H groups in total. The van der Waals surface area contributed by atoms with Gasteiger partial charge in [-0.3, -0.25) is 9.69 Å². The molecule has 1 heterocycles. The van der Waals surface area contributed by atoms with Gasteiger partial charge in [0.2, 0.25) is 5.91 Å². The number of halogens is 2. The van der Waals surface area contributed by atoms with Crippen LogP contribution >= 0.6 is 24.8 Å². The van der Waals surface area contributed by atoms with Crippen LogP contribution < -0.4 is 11.1 Å². The minimum atomic E-state index is -0.123. The minimum Gasteiger partial charge on any atom is -0.399 e. The number of carbonyl (C=O) groups is 1. The summed E-state index contributed by atoms with van der Waals surface area (Å²) < 4.78 is 0. The standard InChI is InChI=1S/C22H27N3O.2ClH/c1-15(25-12-11-16-5-2-3-6-18(16)14-25)22(26)24-21-8-4-7-17-13-19(23)9-10-20(17)21;;/h2-3,5-6,9-10,13,15,21H,4,7-8,11-12,14,23H2,1H3,(H,24,26);2*1H. The predicted octanol–water partition coefficient (Wildman–Crippen LogP) is 4.05. The van der Waals surface area contributed by atoms with E-state index in [0.717, 1.165) is 44.5 Å². The van der Waals surface area contributed by atoms with Crippen LogP contribution in [0.25, 0.3) is 0 Å². The van der Waals surface area contributed by atoms with Crippen LogP contribution in [0.4, 0.5) is 5.69 Å². The molecule has 0 radical (unpaired) electrons. The molecule has 2 aromatic carbocycles. The zero-order valence-electron chi connectivity index (χ0n) is 16.2. The van der Waals surface area contributed by atoms with Crippen LogP contribution in [0.2, 0.25) is 0 Å². The van der Waals surface area contributed by atoms with Gasteiger partial charge < -0.3 is 11.1 Å². The number of hydrogen-bond acceptors (Lipinski definition) is 3. The highest BCUT2D eigenvalue weighted by molar-refractivity contribution is 5.85. The van der Waals surface area contributed by atoms with Crippen molar-refractivity contribution in [1.82, 2.24) is 10.2 Å². The van der Waals surface area contributed by atoms with E-state index in [0.29, 0.717) is 0 Å². The molecule has 0 bridgehead atoms. The maximum atomic E-state index is 12.9. The summed E-state index contributed by atoms with van der Waals surface area (Å²) in [7, 11) is 0. The van der Waals surface area contributed by atoms with Crippen molar-refractivity contribution in [3.63, 3.8) is 0 Å². The van der Waals surface area contributed by atoms with Gasteiger partial charge in [-0.1, -0.05) is 30.3 Å². The zero-order chi connectivity index (χ0) is 18.1. The average Bonchev–Trinajstić information content (AvgIpc) is 2.67. The SMILES string of the molecule is CC(C(=O)NC1CCCc2cc(N)ccc21)N1CCc2ccccc2C1.Cl.Cl. The van der Waals surface area contributed by atoms with Crippen molar-refractivity contribution in [2.75, 3.05) is 12.3 Å². The Hall–Kier alpha value is -1.75. The van der Waals surface area contributed by atoms with Crippen LogP contribution in [0.5, 0.6) is 0 Å². The number of amides is 1. The first-order valence-electron chi connectivity index (χ1n) is 9.61. The van der Waals surface area contributed by atoms with Crippen LogP contribution in [0.15, 0.2) is 42.5 Å². The third kappa shape index (κ3) is 4.62. The number of anilines is 1. The lowest BCUT2D eigenvalue weighted by atomic mass is 9.87. The molecule has 152 valence electrons. The molecule has 2 aromatic rings. The number of benzene rings is 2. The molecule has 2 unspecified atom stereocenters. The first kappa shape index (κ1) is 22.5. The molecule has 1 aliphatic heterocycles. The van der Waals surface area contributed by atoms with Crippen molar-refractivity contribution in [2.45, 2.75) is 51.2 Å². The lowest BCUT2D eigenvalue weighted by molar-refractivity contribution is -0.127. The van der Waals surface area contributed by atoms with Gasteiger partial charge in [-0.15, -0.1) is 24.8 Å². The largest absolute Gasteiger partial charge is 0.399 e. The van der Waals surface area contributed by atoms with Gasteiger partial charge in [0.25, 0.3) is 0 Å². The molecule has 0 saturated carbocycles. The molecule has 4 rings (SSSR count). The topological polar surface area (TPSA) is 58.4 Å². The first-order valence-corrected chi connectivity index (χ1v) is 9.61. The fourth-order valence-electron chi connectivity index (χ4n) is 4.29. The van der Waals surface area contributed by atoms with E-state index >= 15 is 0 Å². The molecule has 4 nitrogen and oxygen atoms in total. The molecule has 2 atom stereocenters. The average molecular weight is 422 g/mol. The fourth-order valence-corrected chi connectivity index (χ4v) is 4.29. The lowest BCUT2D eigenvalue weighted by Gasteiger charge is -2.34. The van der Waals surface area contributed by atoms with Gasteiger partial charge in [0.05, 0.1) is 12.1 Å². The van der Waals surface area contributed by atoms with Crippen molar-refractivity contribution in [3.05, 3.63) is 64.7 Å². The number of hydrogen-bond donors (Lipinski definition) is 2. The summed E-state index contributed by atoms with van der Waals surface area (Å²) in [4.78, 5) is 15.2. The number of nitrogen functional groups attached to an aromatic ring is 1.